The zero-order chi connectivity index (χ0) is 12.1. The van der Waals surface area contributed by atoms with Gasteiger partial charge in [0.25, 0.3) is 0 Å². The van der Waals surface area contributed by atoms with Gasteiger partial charge in [-0.1, -0.05) is 30.3 Å². The first-order valence-corrected chi connectivity index (χ1v) is 6.71. The van der Waals surface area contributed by atoms with Crippen LogP contribution in [0, 0.1) is 11.8 Å². The summed E-state index contributed by atoms with van der Waals surface area (Å²) in [6.45, 7) is 0.789. The third-order valence-corrected chi connectivity index (χ3v) is 3.96. The van der Waals surface area contributed by atoms with E-state index in [0.29, 0.717) is 5.92 Å². The maximum absolute atomic E-state index is 10.1. The van der Waals surface area contributed by atoms with Crippen molar-refractivity contribution < 1.29 is 5.11 Å². The average molecular weight is 233 g/mol. The summed E-state index contributed by atoms with van der Waals surface area (Å²) < 4.78 is 0. The number of aliphatic hydroxyl groups excluding tert-OH is 1. The van der Waals surface area contributed by atoms with Crippen LogP contribution < -0.4 is 5.73 Å². The van der Waals surface area contributed by atoms with Gasteiger partial charge in [-0.3, -0.25) is 0 Å². The normalized spacial score (nSPS) is 25.3. The van der Waals surface area contributed by atoms with E-state index in [0.717, 1.165) is 31.7 Å². The molecule has 2 rings (SSSR count). The number of aryl methyl sites for hydroxylation is 1. The van der Waals surface area contributed by atoms with Crippen LogP contribution in [0.3, 0.4) is 0 Å². The fraction of sp³-hybridized carbons (Fsp3) is 0.600. The summed E-state index contributed by atoms with van der Waals surface area (Å²) in [4.78, 5) is 0. The number of rotatable bonds is 6. The van der Waals surface area contributed by atoms with Gasteiger partial charge in [0.2, 0.25) is 0 Å². The van der Waals surface area contributed by atoms with Gasteiger partial charge in [-0.25, -0.2) is 0 Å². The van der Waals surface area contributed by atoms with Crippen molar-refractivity contribution in [3.8, 4) is 0 Å². The molecule has 0 aromatic heterocycles. The van der Waals surface area contributed by atoms with Gasteiger partial charge in [-0.15, -0.1) is 0 Å². The lowest BCUT2D eigenvalue weighted by Crippen LogP contribution is -2.34. The summed E-state index contributed by atoms with van der Waals surface area (Å²) in [7, 11) is 0. The van der Waals surface area contributed by atoms with Crippen LogP contribution >= 0.6 is 0 Å². The van der Waals surface area contributed by atoms with Gasteiger partial charge in [0.1, 0.15) is 0 Å². The fourth-order valence-corrected chi connectivity index (χ4v) is 2.77. The minimum Gasteiger partial charge on any atom is -0.393 e. The van der Waals surface area contributed by atoms with Crippen molar-refractivity contribution in [2.75, 3.05) is 6.54 Å². The summed E-state index contributed by atoms with van der Waals surface area (Å²) in [5.41, 5.74) is 6.86. The Morgan fingerprint density at radius 3 is 2.59 bits per heavy atom. The van der Waals surface area contributed by atoms with Crippen LogP contribution in [0.1, 0.15) is 31.2 Å². The minimum absolute atomic E-state index is 0.121. The molecule has 1 aliphatic rings. The molecule has 17 heavy (non-hydrogen) atoms. The highest BCUT2D eigenvalue weighted by atomic mass is 16.3. The summed E-state index contributed by atoms with van der Waals surface area (Å²) in [5, 5.41) is 10.1. The first-order valence-electron chi connectivity index (χ1n) is 6.71. The molecule has 1 aliphatic carbocycles. The Morgan fingerprint density at radius 1 is 1.24 bits per heavy atom. The quantitative estimate of drug-likeness (QED) is 0.792. The lowest BCUT2D eigenvalue weighted by molar-refractivity contribution is 0.0207. The van der Waals surface area contributed by atoms with Gasteiger partial charge in [-0.2, -0.15) is 0 Å². The number of aliphatic hydroxyl groups is 1. The number of hydrogen-bond donors (Lipinski definition) is 2. The third-order valence-electron chi connectivity index (χ3n) is 3.96. The highest BCUT2D eigenvalue weighted by Crippen LogP contribution is 2.38. The van der Waals surface area contributed by atoms with E-state index in [2.05, 4.69) is 24.3 Å². The maximum Gasteiger partial charge on any atom is 0.0571 e. The van der Waals surface area contributed by atoms with Gasteiger partial charge >= 0.3 is 0 Å². The van der Waals surface area contributed by atoms with Crippen LogP contribution in [-0.2, 0) is 6.42 Å². The Morgan fingerprint density at radius 2 is 1.94 bits per heavy atom. The van der Waals surface area contributed by atoms with Crippen molar-refractivity contribution >= 4 is 0 Å². The van der Waals surface area contributed by atoms with E-state index in [1.54, 1.807) is 0 Å². The Hall–Kier alpha value is -0.860. The molecule has 1 saturated carbocycles. The third kappa shape index (κ3) is 3.55. The lowest BCUT2D eigenvalue weighted by Gasteiger charge is -2.38. The average Bonchev–Trinajstić information content (AvgIpc) is 2.31. The lowest BCUT2D eigenvalue weighted by atomic mass is 9.70. The number of nitrogens with two attached hydrogens (primary N) is 1. The van der Waals surface area contributed by atoms with E-state index in [4.69, 9.17) is 5.73 Å². The molecule has 1 aromatic rings. The van der Waals surface area contributed by atoms with Crippen molar-refractivity contribution in [2.45, 2.75) is 38.2 Å². The molecular weight excluding hydrogens is 210 g/mol. The minimum atomic E-state index is -0.121. The second-order valence-electron chi connectivity index (χ2n) is 5.27. The first kappa shape index (κ1) is 12.6. The second-order valence-corrected chi connectivity index (χ2v) is 5.27. The van der Waals surface area contributed by atoms with Crippen molar-refractivity contribution in [3.63, 3.8) is 0 Å². The molecular formula is C15H23NO. The molecule has 0 bridgehead atoms. The Labute approximate surface area is 104 Å². The first-order chi connectivity index (χ1) is 8.29. The van der Waals surface area contributed by atoms with Crippen LogP contribution in [0.5, 0.6) is 0 Å². The molecule has 1 unspecified atom stereocenters. The zero-order valence-corrected chi connectivity index (χ0v) is 10.4. The molecule has 0 heterocycles. The van der Waals surface area contributed by atoms with E-state index < -0.39 is 0 Å². The molecule has 1 fully saturated rings. The monoisotopic (exact) mass is 233 g/mol. The number of benzene rings is 1. The SMILES string of the molecule is NCCC1CC(C(O)CCc2ccccc2)C1. The molecule has 0 saturated heterocycles. The molecule has 0 radical (unpaired) electrons. The van der Waals surface area contributed by atoms with Crippen LogP contribution in [0.15, 0.2) is 30.3 Å². The van der Waals surface area contributed by atoms with Crippen molar-refractivity contribution in [1.29, 1.82) is 0 Å². The Balaban J connectivity index is 1.67. The largest absolute Gasteiger partial charge is 0.393 e. The molecule has 94 valence electrons. The van der Waals surface area contributed by atoms with Crippen LogP contribution in [0.25, 0.3) is 0 Å². The van der Waals surface area contributed by atoms with Crippen molar-refractivity contribution in [1.82, 2.24) is 0 Å². The van der Waals surface area contributed by atoms with Crippen molar-refractivity contribution in [3.05, 3.63) is 35.9 Å². The topological polar surface area (TPSA) is 46.2 Å². The summed E-state index contributed by atoms with van der Waals surface area (Å²) in [5.74, 6) is 1.30. The van der Waals surface area contributed by atoms with Crippen LogP contribution in [-0.4, -0.2) is 17.8 Å². The molecule has 0 spiro atoms. The van der Waals surface area contributed by atoms with E-state index in [1.165, 1.54) is 18.4 Å². The fourth-order valence-electron chi connectivity index (χ4n) is 2.77. The van der Waals surface area contributed by atoms with E-state index >= 15 is 0 Å². The van der Waals surface area contributed by atoms with E-state index in [-0.39, 0.29) is 6.10 Å². The maximum atomic E-state index is 10.1. The Kier molecular flexibility index (Phi) is 4.57. The summed E-state index contributed by atoms with van der Waals surface area (Å²) in [6.07, 6.45) is 5.23. The molecule has 1 aromatic carbocycles. The van der Waals surface area contributed by atoms with Gasteiger partial charge < -0.3 is 10.8 Å². The van der Waals surface area contributed by atoms with Gasteiger partial charge in [-0.05, 0) is 56.0 Å². The molecule has 0 amide bonds. The smallest absolute Gasteiger partial charge is 0.0571 e. The van der Waals surface area contributed by atoms with Gasteiger partial charge in [0.15, 0.2) is 0 Å². The summed E-state index contributed by atoms with van der Waals surface area (Å²) >= 11 is 0. The molecule has 3 N–H and O–H groups in total. The zero-order valence-electron chi connectivity index (χ0n) is 10.4. The van der Waals surface area contributed by atoms with Gasteiger partial charge in [0, 0.05) is 0 Å². The van der Waals surface area contributed by atoms with Gasteiger partial charge in [0.05, 0.1) is 6.10 Å². The predicted molar refractivity (Wildman–Crippen MR) is 70.7 cm³/mol. The van der Waals surface area contributed by atoms with E-state index in [1.807, 2.05) is 6.07 Å². The predicted octanol–water partition coefficient (Wildman–Crippen LogP) is 2.36. The Bertz CT molecular complexity index is 319. The van der Waals surface area contributed by atoms with E-state index in [9.17, 15) is 5.11 Å². The summed E-state index contributed by atoms with van der Waals surface area (Å²) in [6, 6.07) is 10.4. The molecule has 2 nitrogen and oxygen atoms in total. The van der Waals surface area contributed by atoms with Crippen LogP contribution in [0.2, 0.25) is 0 Å². The number of hydrogen-bond acceptors (Lipinski definition) is 2. The standard InChI is InChI=1S/C15H23NO/c16-9-8-13-10-14(11-13)15(17)7-6-12-4-2-1-3-5-12/h1-5,13-15,17H,6-11,16H2. The second kappa shape index (κ2) is 6.18. The highest BCUT2D eigenvalue weighted by Gasteiger charge is 2.33. The molecule has 1 atom stereocenters. The molecule has 0 aliphatic heterocycles. The van der Waals surface area contributed by atoms with Crippen molar-refractivity contribution in [2.24, 2.45) is 17.6 Å². The molecule has 2 heteroatoms. The van der Waals surface area contributed by atoms with Crippen LogP contribution in [0.4, 0.5) is 0 Å². The highest BCUT2D eigenvalue weighted by molar-refractivity contribution is 5.14.